The summed E-state index contributed by atoms with van der Waals surface area (Å²) >= 11 is 0. The molecule has 0 spiro atoms. The Balaban J connectivity index is 1.58. The highest BCUT2D eigenvalue weighted by Gasteiger charge is 2.27. The average Bonchev–Trinajstić information content (AvgIpc) is 3.45. The fourth-order valence-electron chi connectivity index (χ4n) is 3.31. The molecular weight excluding hydrogens is 362 g/mol. The van der Waals surface area contributed by atoms with Crippen molar-refractivity contribution in [1.82, 2.24) is 14.6 Å². The Kier molecular flexibility index (Phi) is 5.09. The molecule has 6 heteroatoms. The quantitative estimate of drug-likeness (QED) is 0.566. The number of anilines is 2. The number of fused-ring (bicyclic) bond motifs is 1. The summed E-state index contributed by atoms with van der Waals surface area (Å²) in [6, 6.07) is 9.94. The topological polar surface area (TPSA) is 71.3 Å². The number of benzene rings is 1. The second-order valence-corrected chi connectivity index (χ2v) is 8.12. The van der Waals surface area contributed by atoms with Crippen LogP contribution in [-0.4, -0.2) is 20.5 Å². The molecule has 1 saturated carbocycles. The summed E-state index contributed by atoms with van der Waals surface area (Å²) in [5.74, 6) is 1.71. The van der Waals surface area contributed by atoms with Crippen LogP contribution < -0.4 is 10.6 Å². The van der Waals surface area contributed by atoms with Crippen molar-refractivity contribution in [2.75, 3.05) is 10.6 Å². The van der Waals surface area contributed by atoms with Crippen LogP contribution >= 0.6 is 0 Å². The second kappa shape index (κ2) is 7.70. The SMILES string of the molecule is C=C(C)C(=O)Nc1cccc(CNc2cc(C3CC3)nc3c(C(C)C)cnn23)c1. The van der Waals surface area contributed by atoms with Gasteiger partial charge in [0.1, 0.15) is 5.82 Å². The van der Waals surface area contributed by atoms with E-state index in [2.05, 4.69) is 42.2 Å². The second-order valence-electron chi connectivity index (χ2n) is 8.12. The first kappa shape index (κ1) is 19.2. The summed E-state index contributed by atoms with van der Waals surface area (Å²) in [5.41, 5.74) is 5.56. The highest BCUT2D eigenvalue weighted by atomic mass is 16.1. The van der Waals surface area contributed by atoms with Gasteiger partial charge in [-0.25, -0.2) is 4.98 Å². The van der Waals surface area contributed by atoms with E-state index in [9.17, 15) is 4.79 Å². The standard InChI is InChI=1S/C23H27N5O/c1-14(2)19-13-25-28-21(11-20(17-8-9-17)27-22(19)28)24-12-16-6-5-7-18(10-16)26-23(29)15(3)4/h5-7,10-11,13-14,17,24H,3,8-9,12H2,1-2,4H3,(H,26,29). The molecule has 0 radical (unpaired) electrons. The van der Waals surface area contributed by atoms with Crippen LogP contribution in [0, 0.1) is 0 Å². The molecule has 2 aromatic heterocycles. The van der Waals surface area contributed by atoms with Crippen LogP contribution in [0.1, 0.15) is 62.3 Å². The third-order valence-corrected chi connectivity index (χ3v) is 5.18. The Morgan fingerprint density at radius 1 is 1.31 bits per heavy atom. The normalized spacial score (nSPS) is 13.7. The molecule has 150 valence electrons. The molecule has 0 atom stereocenters. The molecule has 0 aliphatic heterocycles. The first-order chi connectivity index (χ1) is 13.9. The molecule has 0 bridgehead atoms. The lowest BCUT2D eigenvalue weighted by molar-refractivity contribution is -0.112. The van der Waals surface area contributed by atoms with Gasteiger partial charge >= 0.3 is 0 Å². The van der Waals surface area contributed by atoms with Gasteiger partial charge in [0.15, 0.2) is 5.65 Å². The lowest BCUT2D eigenvalue weighted by Gasteiger charge is -2.12. The zero-order valence-corrected chi connectivity index (χ0v) is 17.2. The number of nitrogens with one attached hydrogen (secondary N) is 2. The van der Waals surface area contributed by atoms with Crippen molar-refractivity contribution in [3.05, 3.63) is 65.5 Å². The summed E-state index contributed by atoms with van der Waals surface area (Å²) in [6.07, 6.45) is 4.33. The van der Waals surface area contributed by atoms with E-state index in [1.165, 1.54) is 18.4 Å². The number of carbonyl (C=O) groups is 1. The number of nitrogens with zero attached hydrogens (tertiary/aromatic N) is 3. The zero-order valence-electron chi connectivity index (χ0n) is 17.2. The van der Waals surface area contributed by atoms with Crippen LogP contribution in [0.2, 0.25) is 0 Å². The van der Waals surface area contributed by atoms with Gasteiger partial charge in [-0.15, -0.1) is 0 Å². The van der Waals surface area contributed by atoms with Crippen molar-refractivity contribution in [3.8, 4) is 0 Å². The summed E-state index contributed by atoms with van der Waals surface area (Å²) in [5, 5.41) is 11.0. The van der Waals surface area contributed by atoms with Gasteiger partial charge in [-0.3, -0.25) is 4.79 Å². The predicted octanol–water partition coefficient (Wildman–Crippen LogP) is 4.86. The summed E-state index contributed by atoms with van der Waals surface area (Å²) in [4.78, 5) is 16.8. The van der Waals surface area contributed by atoms with Crippen LogP contribution in [0.25, 0.3) is 5.65 Å². The van der Waals surface area contributed by atoms with Gasteiger partial charge in [-0.2, -0.15) is 9.61 Å². The number of rotatable bonds is 7. The van der Waals surface area contributed by atoms with Crippen LogP contribution in [0.5, 0.6) is 0 Å². The predicted molar refractivity (Wildman–Crippen MR) is 116 cm³/mol. The zero-order chi connectivity index (χ0) is 20.5. The monoisotopic (exact) mass is 389 g/mol. The van der Waals surface area contributed by atoms with Crippen molar-refractivity contribution in [3.63, 3.8) is 0 Å². The van der Waals surface area contributed by atoms with Gasteiger partial charge in [0.2, 0.25) is 0 Å². The van der Waals surface area contributed by atoms with Gasteiger partial charge < -0.3 is 10.6 Å². The maximum absolute atomic E-state index is 11.9. The lowest BCUT2D eigenvalue weighted by atomic mass is 10.1. The van der Waals surface area contributed by atoms with Gasteiger partial charge in [-0.05, 0) is 43.4 Å². The maximum Gasteiger partial charge on any atom is 0.250 e. The number of hydrogen-bond acceptors (Lipinski definition) is 4. The minimum Gasteiger partial charge on any atom is -0.366 e. The van der Waals surface area contributed by atoms with Crippen molar-refractivity contribution in [2.24, 2.45) is 0 Å². The van der Waals surface area contributed by atoms with Gasteiger partial charge in [0, 0.05) is 41.0 Å². The molecule has 6 nitrogen and oxygen atoms in total. The van der Waals surface area contributed by atoms with E-state index >= 15 is 0 Å². The molecule has 0 saturated heterocycles. The first-order valence-electron chi connectivity index (χ1n) is 10.1. The molecule has 2 N–H and O–H groups in total. The molecule has 29 heavy (non-hydrogen) atoms. The third kappa shape index (κ3) is 4.16. The summed E-state index contributed by atoms with van der Waals surface area (Å²) < 4.78 is 1.90. The Bertz CT molecular complexity index is 1080. The first-order valence-corrected chi connectivity index (χ1v) is 10.1. The fraction of sp³-hybridized carbons (Fsp3) is 0.348. The fourth-order valence-corrected chi connectivity index (χ4v) is 3.31. The number of amides is 1. The van der Waals surface area contributed by atoms with Crippen LogP contribution in [0.4, 0.5) is 11.5 Å². The molecule has 3 aromatic rings. The van der Waals surface area contributed by atoms with E-state index in [-0.39, 0.29) is 5.91 Å². The van der Waals surface area contributed by atoms with E-state index in [0.717, 1.165) is 28.4 Å². The molecule has 1 fully saturated rings. The van der Waals surface area contributed by atoms with Crippen molar-refractivity contribution >= 4 is 23.1 Å². The van der Waals surface area contributed by atoms with Gasteiger partial charge in [0.25, 0.3) is 5.91 Å². The van der Waals surface area contributed by atoms with E-state index in [1.807, 2.05) is 35.0 Å². The van der Waals surface area contributed by atoms with Gasteiger partial charge in [-0.1, -0.05) is 32.6 Å². The number of hydrogen-bond donors (Lipinski definition) is 2. The smallest absolute Gasteiger partial charge is 0.250 e. The largest absolute Gasteiger partial charge is 0.366 e. The third-order valence-electron chi connectivity index (χ3n) is 5.18. The van der Waals surface area contributed by atoms with Crippen LogP contribution in [0.3, 0.4) is 0 Å². The van der Waals surface area contributed by atoms with Crippen LogP contribution in [-0.2, 0) is 11.3 Å². The average molecular weight is 390 g/mol. The minimum atomic E-state index is -0.169. The number of carbonyl (C=O) groups excluding carboxylic acids is 1. The Morgan fingerprint density at radius 3 is 2.79 bits per heavy atom. The van der Waals surface area contributed by atoms with E-state index < -0.39 is 0 Å². The number of aromatic nitrogens is 3. The highest BCUT2D eigenvalue weighted by Crippen LogP contribution is 2.40. The molecule has 2 heterocycles. The molecule has 1 amide bonds. The van der Waals surface area contributed by atoms with Crippen molar-refractivity contribution in [1.29, 1.82) is 0 Å². The molecule has 1 aliphatic rings. The molecule has 1 aliphatic carbocycles. The minimum absolute atomic E-state index is 0.169. The summed E-state index contributed by atoms with van der Waals surface area (Å²) in [7, 11) is 0. The maximum atomic E-state index is 11.9. The van der Waals surface area contributed by atoms with Gasteiger partial charge in [0.05, 0.1) is 6.20 Å². The van der Waals surface area contributed by atoms with E-state index in [0.29, 0.717) is 24.0 Å². The van der Waals surface area contributed by atoms with Crippen molar-refractivity contribution in [2.45, 2.75) is 52.0 Å². The Morgan fingerprint density at radius 2 is 2.10 bits per heavy atom. The van der Waals surface area contributed by atoms with Crippen LogP contribution in [0.15, 0.2) is 48.7 Å². The molecule has 1 aromatic carbocycles. The molecule has 4 rings (SSSR count). The molecular formula is C23H27N5O. The summed E-state index contributed by atoms with van der Waals surface area (Å²) in [6.45, 7) is 10.3. The Labute approximate surface area is 171 Å². The van der Waals surface area contributed by atoms with E-state index in [1.54, 1.807) is 6.92 Å². The lowest BCUT2D eigenvalue weighted by Crippen LogP contribution is -2.12. The molecule has 0 unspecified atom stereocenters. The van der Waals surface area contributed by atoms with Crippen molar-refractivity contribution < 1.29 is 4.79 Å². The highest BCUT2D eigenvalue weighted by molar-refractivity contribution is 6.02. The van der Waals surface area contributed by atoms with E-state index in [4.69, 9.17) is 4.98 Å². The Hall–Kier alpha value is -3.15.